The summed E-state index contributed by atoms with van der Waals surface area (Å²) in [5, 5.41) is 6.96. The molecule has 0 radical (unpaired) electrons. The van der Waals surface area contributed by atoms with Gasteiger partial charge >= 0.3 is 0 Å². The molecular formula is C15H16BrNO2S. The molecule has 2 aromatic rings. The summed E-state index contributed by atoms with van der Waals surface area (Å²) < 4.78 is 6.55. The molecule has 1 N–H and O–H groups in total. The first kappa shape index (κ1) is 14.0. The Morgan fingerprint density at radius 3 is 2.85 bits per heavy atom. The highest BCUT2D eigenvalue weighted by molar-refractivity contribution is 9.09. The normalized spacial score (nSPS) is 18.1. The third kappa shape index (κ3) is 2.62. The van der Waals surface area contributed by atoms with Gasteiger partial charge in [-0.15, -0.1) is 11.3 Å². The summed E-state index contributed by atoms with van der Waals surface area (Å²) in [6, 6.07) is 8.02. The van der Waals surface area contributed by atoms with Crippen LogP contribution in [0.25, 0.3) is 10.1 Å². The van der Waals surface area contributed by atoms with E-state index in [9.17, 15) is 4.79 Å². The number of fused-ring (bicyclic) bond motifs is 1. The summed E-state index contributed by atoms with van der Waals surface area (Å²) in [6.07, 6.45) is 1.71. The van der Waals surface area contributed by atoms with E-state index in [1.54, 1.807) is 11.3 Å². The predicted octanol–water partition coefficient (Wildman–Crippen LogP) is 3.58. The fraction of sp³-hybridized carbons (Fsp3) is 0.400. The highest BCUT2D eigenvalue weighted by Crippen LogP contribution is 2.28. The molecule has 3 rings (SSSR count). The van der Waals surface area contributed by atoms with Gasteiger partial charge in [-0.2, -0.15) is 0 Å². The lowest BCUT2D eigenvalue weighted by atomic mass is 9.92. The first-order valence-electron chi connectivity index (χ1n) is 6.67. The second-order valence-corrected chi connectivity index (χ2v) is 6.60. The van der Waals surface area contributed by atoms with Gasteiger partial charge in [0.15, 0.2) is 0 Å². The number of thiophene rings is 1. The van der Waals surface area contributed by atoms with Gasteiger partial charge in [-0.1, -0.05) is 34.1 Å². The fourth-order valence-electron chi connectivity index (χ4n) is 2.52. The third-order valence-corrected chi connectivity index (χ3v) is 5.85. The van der Waals surface area contributed by atoms with Crippen LogP contribution in [-0.4, -0.2) is 30.0 Å². The maximum Gasteiger partial charge on any atom is 0.253 e. The summed E-state index contributed by atoms with van der Waals surface area (Å²) in [5.41, 5.74) is 0.593. The number of rotatable bonds is 3. The maximum atomic E-state index is 12.6. The van der Waals surface area contributed by atoms with Crippen molar-refractivity contribution < 1.29 is 9.53 Å². The molecule has 0 aliphatic carbocycles. The van der Waals surface area contributed by atoms with Crippen molar-refractivity contribution in [3.8, 4) is 0 Å². The molecule has 1 saturated heterocycles. The van der Waals surface area contributed by atoms with Gasteiger partial charge in [-0.3, -0.25) is 4.79 Å². The number of carbonyl (C=O) groups is 1. The largest absolute Gasteiger partial charge is 0.381 e. The van der Waals surface area contributed by atoms with E-state index in [1.807, 2.05) is 29.6 Å². The summed E-state index contributed by atoms with van der Waals surface area (Å²) in [5.74, 6) is 0.0174. The van der Waals surface area contributed by atoms with Gasteiger partial charge in [0, 0.05) is 34.0 Å². The Morgan fingerprint density at radius 1 is 1.35 bits per heavy atom. The van der Waals surface area contributed by atoms with Crippen molar-refractivity contribution in [3.63, 3.8) is 0 Å². The molecule has 3 nitrogen and oxygen atoms in total. The quantitative estimate of drug-likeness (QED) is 0.856. The van der Waals surface area contributed by atoms with Crippen LogP contribution < -0.4 is 5.32 Å². The number of halogens is 1. The van der Waals surface area contributed by atoms with Gasteiger partial charge in [0.1, 0.15) is 0 Å². The average molecular weight is 354 g/mol. The Hall–Kier alpha value is -0.910. The lowest BCUT2D eigenvalue weighted by Gasteiger charge is -2.36. The lowest BCUT2D eigenvalue weighted by molar-refractivity contribution is 0.0442. The molecule has 2 heterocycles. The molecule has 1 fully saturated rings. The number of hydrogen-bond acceptors (Lipinski definition) is 3. The zero-order chi connectivity index (χ0) is 14.0. The van der Waals surface area contributed by atoms with Crippen LogP contribution in [0.1, 0.15) is 23.2 Å². The van der Waals surface area contributed by atoms with Crippen molar-refractivity contribution in [2.45, 2.75) is 18.4 Å². The van der Waals surface area contributed by atoms with E-state index in [1.165, 1.54) is 0 Å². The minimum atomic E-state index is -0.182. The van der Waals surface area contributed by atoms with Gasteiger partial charge in [0.25, 0.3) is 5.91 Å². The van der Waals surface area contributed by atoms with Crippen molar-refractivity contribution in [3.05, 3.63) is 35.2 Å². The van der Waals surface area contributed by atoms with Crippen molar-refractivity contribution in [2.24, 2.45) is 0 Å². The van der Waals surface area contributed by atoms with Crippen LogP contribution in [0.3, 0.4) is 0 Å². The number of benzene rings is 1. The van der Waals surface area contributed by atoms with E-state index in [2.05, 4.69) is 21.2 Å². The Morgan fingerprint density at radius 2 is 2.10 bits per heavy atom. The van der Waals surface area contributed by atoms with E-state index >= 15 is 0 Å². The molecule has 1 aliphatic rings. The molecule has 1 aliphatic heterocycles. The van der Waals surface area contributed by atoms with Crippen LogP contribution in [-0.2, 0) is 4.74 Å². The molecule has 5 heteroatoms. The molecule has 20 heavy (non-hydrogen) atoms. The zero-order valence-corrected chi connectivity index (χ0v) is 13.4. The van der Waals surface area contributed by atoms with Crippen molar-refractivity contribution in [1.82, 2.24) is 5.32 Å². The molecule has 1 amide bonds. The van der Waals surface area contributed by atoms with E-state index in [0.717, 1.165) is 33.8 Å². The standard InChI is InChI=1S/C15H16BrNO2S/c16-10-15(5-7-19-8-6-15)17-14(18)12-9-20-13-4-2-1-3-11(12)13/h1-4,9H,5-8,10H2,(H,17,18). The van der Waals surface area contributed by atoms with Crippen LogP contribution in [0.15, 0.2) is 29.6 Å². The Balaban J connectivity index is 1.85. The second-order valence-electron chi connectivity index (χ2n) is 5.13. The predicted molar refractivity (Wildman–Crippen MR) is 85.9 cm³/mol. The first-order chi connectivity index (χ1) is 9.74. The van der Waals surface area contributed by atoms with Gasteiger partial charge in [-0.25, -0.2) is 0 Å². The first-order valence-corrected chi connectivity index (χ1v) is 8.67. The van der Waals surface area contributed by atoms with Crippen LogP contribution in [0, 0.1) is 0 Å². The Kier molecular flexibility index (Phi) is 4.10. The van der Waals surface area contributed by atoms with Crippen molar-refractivity contribution in [1.29, 1.82) is 0 Å². The van der Waals surface area contributed by atoms with Gasteiger partial charge < -0.3 is 10.1 Å². The Bertz CT molecular complexity index is 619. The molecule has 0 saturated carbocycles. The minimum Gasteiger partial charge on any atom is -0.381 e. The van der Waals surface area contributed by atoms with E-state index in [-0.39, 0.29) is 11.4 Å². The number of nitrogens with one attached hydrogen (secondary N) is 1. The summed E-state index contributed by atoms with van der Waals surface area (Å²) in [4.78, 5) is 12.6. The Labute approximate surface area is 130 Å². The van der Waals surface area contributed by atoms with E-state index in [0.29, 0.717) is 13.2 Å². The lowest BCUT2D eigenvalue weighted by Crippen LogP contribution is -2.53. The summed E-state index contributed by atoms with van der Waals surface area (Å²) in [6.45, 7) is 1.41. The number of amides is 1. The van der Waals surface area contributed by atoms with E-state index in [4.69, 9.17) is 4.74 Å². The highest BCUT2D eigenvalue weighted by Gasteiger charge is 2.33. The van der Waals surface area contributed by atoms with Gasteiger partial charge in [0.2, 0.25) is 0 Å². The van der Waals surface area contributed by atoms with E-state index < -0.39 is 0 Å². The topological polar surface area (TPSA) is 38.3 Å². The van der Waals surface area contributed by atoms with Gasteiger partial charge in [-0.05, 0) is 18.9 Å². The molecular weight excluding hydrogens is 338 g/mol. The van der Waals surface area contributed by atoms with Crippen LogP contribution in [0.5, 0.6) is 0 Å². The highest BCUT2D eigenvalue weighted by atomic mass is 79.9. The fourth-order valence-corrected chi connectivity index (χ4v) is 4.16. The maximum absolute atomic E-state index is 12.6. The minimum absolute atomic E-state index is 0.0174. The SMILES string of the molecule is O=C(NC1(CBr)CCOCC1)c1csc2ccccc12. The number of alkyl halides is 1. The molecule has 0 spiro atoms. The number of ether oxygens (including phenoxy) is 1. The summed E-state index contributed by atoms with van der Waals surface area (Å²) >= 11 is 5.16. The molecule has 1 aromatic carbocycles. The third-order valence-electron chi connectivity index (χ3n) is 3.81. The van der Waals surface area contributed by atoms with Crippen molar-refractivity contribution in [2.75, 3.05) is 18.5 Å². The molecule has 0 atom stereocenters. The molecule has 106 valence electrons. The second kappa shape index (κ2) is 5.84. The van der Waals surface area contributed by atoms with Crippen LogP contribution in [0.2, 0.25) is 0 Å². The van der Waals surface area contributed by atoms with Crippen molar-refractivity contribution >= 4 is 43.3 Å². The smallest absolute Gasteiger partial charge is 0.253 e. The molecule has 0 bridgehead atoms. The molecule has 1 aromatic heterocycles. The van der Waals surface area contributed by atoms with Gasteiger partial charge in [0.05, 0.1) is 11.1 Å². The monoisotopic (exact) mass is 353 g/mol. The zero-order valence-electron chi connectivity index (χ0n) is 11.0. The van der Waals surface area contributed by atoms with Crippen LogP contribution in [0.4, 0.5) is 0 Å². The average Bonchev–Trinajstić information content (AvgIpc) is 2.92. The molecule has 0 unspecified atom stereocenters. The van der Waals surface area contributed by atoms with Crippen LogP contribution >= 0.6 is 27.3 Å². The number of carbonyl (C=O) groups excluding carboxylic acids is 1. The number of hydrogen-bond donors (Lipinski definition) is 1. The summed E-state index contributed by atoms with van der Waals surface area (Å²) in [7, 11) is 0.